The van der Waals surface area contributed by atoms with Gasteiger partial charge >= 0.3 is 5.97 Å². The van der Waals surface area contributed by atoms with Crippen LogP contribution in [0.15, 0.2) is 18.2 Å². The summed E-state index contributed by atoms with van der Waals surface area (Å²) in [6, 6.07) is 4.59. The Kier molecular flexibility index (Phi) is 6.15. The average molecular weight is 377 g/mol. The summed E-state index contributed by atoms with van der Waals surface area (Å²) in [7, 11) is 0. The number of rotatable bonds is 5. The van der Waals surface area contributed by atoms with Gasteiger partial charge in [-0.1, -0.05) is 35.0 Å². The zero-order valence-corrected chi connectivity index (χ0v) is 14.5. The van der Waals surface area contributed by atoms with Crippen LogP contribution in [0.4, 0.5) is 10.5 Å². The molecule has 2 rings (SSSR count). The fraction of sp³-hybridized carbons (Fsp3) is 0.357. The SMILES string of the molecule is C[C@@H](OC(=O)CN1CCSC1=O)C(=O)Nc1cc(Cl)cc(Cl)c1. The molecule has 0 radical (unpaired) electrons. The summed E-state index contributed by atoms with van der Waals surface area (Å²) in [5.74, 6) is -0.496. The molecular formula is C14H14Cl2N2O4S. The van der Waals surface area contributed by atoms with E-state index in [0.717, 1.165) is 11.8 Å². The zero-order valence-electron chi connectivity index (χ0n) is 12.2. The first-order chi connectivity index (χ1) is 10.8. The third-order valence-electron chi connectivity index (χ3n) is 2.97. The molecule has 1 N–H and O–H groups in total. The number of esters is 1. The highest BCUT2D eigenvalue weighted by atomic mass is 35.5. The lowest BCUT2D eigenvalue weighted by Gasteiger charge is -2.17. The van der Waals surface area contributed by atoms with Crippen LogP contribution in [0.5, 0.6) is 0 Å². The van der Waals surface area contributed by atoms with Gasteiger partial charge in [0.1, 0.15) is 6.54 Å². The number of thioether (sulfide) groups is 1. The van der Waals surface area contributed by atoms with Crippen LogP contribution >= 0.6 is 35.0 Å². The van der Waals surface area contributed by atoms with Gasteiger partial charge in [0.15, 0.2) is 6.10 Å². The summed E-state index contributed by atoms with van der Waals surface area (Å²) in [5.41, 5.74) is 0.404. The van der Waals surface area contributed by atoms with Crippen LogP contribution in [0.3, 0.4) is 0 Å². The van der Waals surface area contributed by atoms with E-state index in [1.165, 1.54) is 30.0 Å². The summed E-state index contributed by atoms with van der Waals surface area (Å²) in [5, 5.41) is 3.16. The molecule has 0 unspecified atom stereocenters. The van der Waals surface area contributed by atoms with Crippen molar-refractivity contribution in [1.82, 2.24) is 4.90 Å². The molecule has 0 bridgehead atoms. The summed E-state index contributed by atoms with van der Waals surface area (Å²) in [6.45, 7) is 1.78. The normalized spacial score (nSPS) is 15.4. The summed E-state index contributed by atoms with van der Waals surface area (Å²) >= 11 is 12.8. The Labute approximate surface area is 147 Å². The van der Waals surface area contributed by atoms with Crippen molar-refractivity contribution < 1.29 is 19.1 Å². The summed E-state index contributed by atoms with van der Waals surface area (Å²) in [6.07, 6.45) is -1.01. The molecule has 0 aliphatic carbocycles. The summed E-state index contributed by atoms with van der Waals surface area (Å²) < 4.78 is 5.04. The second kappa shape index (κ2) is 7.90. The lowest BCUT2D eigenvalue weighted by molar-refractivity contribution is -0.153. The van der Waals surface area contributed by atoms with E-state index in [9.17, 15) is 14.4 Å². The van der Waals surface area contributed by atoms with E-state index in [1.807, 2.05) is 0 Å². The first kappa shape index (κ1) is 17.9. The average Bonchev–Trinajstić information content (AvgIpc) is 2.82. The van der Waals surface area contributed by atoms with E-state index >= 15 is 0 Å². The Morgan fingerprint density at radius 1 is 1.35 bits per heavy atom. The number of benzene rings is 1. The van der Waals surface area contributed by atoms with Crippen LogP contribution in [-0.4, -0.2) is 47.0 Å². The number of carbonyl (C=O) groups excluding carboxylic acids is 3. The van der Waals surface area contributed by atoms with Crippen molar-refractivity contribution in [2.24, 2.45) is 0 Å². The number of halogens is 2. The fourth-order valence-electron chi connectivity index (χ4n) is 1.88. The molecule has 0 spiro atoms. The van der Waals surface area contributed by atoms with Crippen LogP contribution in [0.25, 0.3) is 0 Å². The van der Waals surface area contributed by atoms with Crippen molar-refractivity contribution in [1.29, 1.82) is 0 Å². The molecule has 1 aliphatic heterocycles. The zero-order chi connectivity index (χ0) is 17.0. The number of hydrogen-bond donors (Lipinski definition) is 1. The Balaban J connectivity index is 1.86. The monoisotopic (exact) mass is 376 g/mol. The van der Waals surface area contributed by atoms with Gasteiger partial charge < -0.3 is 15.0 Å². The predicted molar refractivity (Wildman–Crippen MR) is 90.1 cm³/mol. The number of hydrogen-bond acceptors (Lipinski definition) is 5. The maximum absolute atomic E-state index is 12.0. The molecule has 1 aromatic carbocycles. The predicted octanol–water partition coefficient (Wildman–Crippen LogP) is 3.03. The minimum absolute atomic E-state index is 0.160. The van der Waals surface area contributed by atoms with Crippen LogP contribution in [0, 0.1) is 0 Å². The van der Waals surface area contributed by atoms with E-state index in [4.69, 9.17) is 27.9 Å². The van der Waals surface area contributed by atoms with Gasteiger partial charge in [-0.15, -0.1) is 0 Å². The highest BCUT2D eigenvalue weighted by Crippen LogP contribution is 2.22. The van der Waals surface area contributed by atoms with E-state index in [-0.39, 0.29) is 11.8 Å². The molecule has 1 fully saturated rings. The number of nitrogens with one attached hydrogen (secondary N) is 1. The minimum Gasteiger partial charge on any atom is -0.451 e. The molecule has 23 heavy (non-hydrogen) atoms. The highest BCUT2D eigenvalue weighted by molar-refractivity contribution is 8.13. The van der Waals surface area contributed by atoms with Gasteiger partial charge in [0, 0.05) is 28.0 Å². The van der Waals surface area contributed by atoms with Gasteiger partial charge in [0.2, 0.25) is 0 Å². The number of carbonyl (C=O) groups is 3. The Hall–Kier alpha value is -1.44. The molecule has 1 aromatic rings. The van der Waals surface area contributed by atoms with Crippen molar-refractivity contribution in [3.8, 4) is 0 Å². The van der Waals surface area contributed by atoms with E-state index < -0.39 is 18.0 Å². The maximum Gasteiger partial charge on any atom is 0.326 e. The Bertz CT molecular complexity index is 621. The molecule has 124 valence electrons. The fourth-order valence-corrected chi connectivity index (χ4v) is 3.23. The lowest BCUT2D eigenvalue weighted by atomic mass is 10.3. The van der Waals surface area contributed by atoms with Gasteiger partial charge in [-0.3, -0.25) is 14.4 Å². The molecule has 6 nitrogen and oxygen atoms in total. The van der Waals surface area contributed by atoms with Crippen LogP contribution < -0.4 is 5.32 Å². The van der Waals surface area contributed by atoms with Gasteiger partial charge in [0.25, 0.3) is 11.1 Å². The van der Waals surface area contributed by atoms with Crippen molar-refractivity contribution in [3.63, 3.8) is 0 Å². The highest BCUT2D eigenvalue weighted by Gasteiger charge is 2.26. The molecular weight excluding hydrogens is 363 g/mol. The smallest absolute Gasteiger partial charge is 0.326 e. The largest absolute Gasteiger partial charge is 0.451 e. The van der Waals surface area contributed by atoms with E-state index in [2.05, 4.69) is 5.32 Å². The number of ether oxygens (including phenoxy) is 1. The van der Waals surface area contributed by atoms with Gasteiger partial charge in [-0.2, -0.15) is 0 Å². The standard InChI is InChI=1S/C14H14Cl2N2O4S/c1-8(22-12(19)7-18-2-3-23-14(18)21)13(20)17-11-5-9(15)4-10(16)6-11/h4-6,8H,2-3,7H2,1H3,(H,17,20)/t8-/m1/s1. The van der Waals surface area contributed by atoms with Crippen LogP contribution in [0.1, 0.15) is 6.92 Å². The molecule has 0 aromatic heterocycles. The Morgan fingerprint density at radius 3 is 2.57 bits per heavy atom. The molecule has 0 saturated carbocycles. The first-order valence-corrected chi connectivity index (χ1v) is 8.47. The second-order valence-electron chi connectivity index (χ2n) is 4.82. The Morgan fingerprint density at radius 2 is 2.00 bits per heavy atom. The molecule has 1 atom stereocenters. The quantitative estimate of drug-likeness (QED) is 0.799. The van der Waals surface area contributed by atoms with Crippen molar-refractivity contribution in [2.75, 3.05) is 24.2 Å². The minimum atomic E-state index is -1.01. The van der Waals surface area contributed by atoms with Crippen molar-refractivity contribution in [3.05, 3.63) is 28.2 Å². The number of anilines is 1. The van der Waals surface area contributed by atoms with E-state index in [0.29, 0.717) is 28.0 Å². The van der Waals surface area contributed by atoms with Gasteiger partial charge in [0.05, 0.1) is 0 Å². The van der Waals surface area contributed by atoms with Crippen molar-refractivity contribution in [2.45, 2.75) is 13.0 Å². The number of amides is 2. The second-order valence-corrected chi connectivity index (χ2v) is 6.73. The topological polar surface area (TPSA) is 75.7 Å². The molecule has 1 saturated heterocycles. The molecule has 1 heterocycles. The molecule has 9 heteroatoms. The third-order valence-corrected chi connectivity index (χ3v) is 4.30. The maximum atomic E-state index is 12.0. The van der Waals surface area contributed by atoms with Gasteiger partial charge in [-0.05, 0) is 25.1 Å². The van der Waals surface area contributed by atoms with E-state index in [1.54, 1.807) is 0 Å². The molecule has 1 aliphatic rings. The van der Waals surface area contributed by atoms with Crippen molar-refractivity contribution >= 4 is 57.8 Å². The number of nitrogens with zero attached hydrogens (tertiary/aromatic N) is 1. The molecule has 2 amide bonds. The van der Waals surface area contributed by atoms with Gasteiger partial charge in [-0.25, -0.2) is 0 Å². The van der Waals surface area contributed by atoms with Crippen LogP contribution in [-0.2, 0) is 14.3 Å². The first-order valence-electron chi connectivity index (χ1n) is 6.73. The van der Waals surface area contributed by atoms with Crippen LogP contribution in [0.2, 0.25) is 10.0 Å². The third kappa shape index (κ3) is 5.30. The lowest BCUT2D eigenvalue weighted by Crippen LogP contribution is -2.36. The summed E-state index contributed by atoms with van der Waals surface area (Å²) in [4.78, 5) is 36.6.